The molecule has 2 fully saturated rings. The van der Waals surface area contributed by atoms with Crippen molar-refractivity contribution in [3.8, 4) is 0 Å². The lowest BCUT2D eigenvalue weighted by atomic mass is 10.1. The Balaban J connectivity index is 1.83. The van der Waals surface area contributed by atoms with E-state index in [2.05, 4.69) is 4.98 Å². The van der Waals surface area contributed by atoms with Crippen molar-refractivity contribution in [1.82, 2.24) is 9.55 Å². The van der Waals surface area contributed by atoms with Crippen LogP contribution in [0, 0.1) is 5.92 Å². The van der Waals surface area contributed by atoms with Gasteiger partial charge in [-0.05, 0) is 19.9 Å². The van der Waals surface area contributed by atoms with Gasteiger partial charge in [-0.1, -0.05) is 13.8 Å². The molecule has 2 saturated heterocycles. The average molecular weight is 369 g/mol. The Hall–Kier alpha value is -2.01. The van der Waals surface area contributed by atoms with Gasteiger partial charge >= 0.3 is 11.7 Å². The number of ether oxygens (including phenoxy) is 4. The SMILES string of the molecule is CC(C)C(=O)OCC1OC(n2ccc(NO)nc2=O)C2OC(C)(C)OC12. The highest BCUT2D eigenvalue weighted by atomic mass is 16.8. The highest BCUT2D eigenvalue weighted by Crippen LogP contribution is 2.42. The molecule has 2 aliphatic rings. The molecule has 2 N–H and O–H groups in total. The Kier molecular flexibility index (Phi) is 5.02. The second-order valence-electron chi connectivity index (χ2n) is 7.03. The molecule has 1 aromatic heterocycles. The topological polar surface area (TPSA) is 121 Å². The summed E-state index contributed by atoms with van der Waals surface area (Å²) in [5.41, 5.74) is 1.19. The van der Waals surface area contributed by atoms with Gasteiger partial charge in [0.15, 0.2) is 17.8 Å². The van der Waals surface area contributed by atoms with Gasteiger partial charge in [-0.3, -0.25) is 20.0 Å². The molecule has 1 aromatic rings. The third-order valence-corrected chi connectivity index (χ3v) is 4.21. The molecule has 10 nitrogen and oxygen atoms in total. The monoisotopic (exact) mass is 369 g/mol. The zero-order chi connectivity index (χ0) is 19.1. The molecule has 0 amide bonds. The first-order valence-corrected chi connectivity index (χ1v) is 8.39. The van der Waals surface area contributed by atoms with Gasteiger partial charge in [0, 0.05) is 6.20 Å². The van der Waals surface area contributed by atoms with E-state index >= 15 is 0 Å². The Morgan fingerprint density at radius 3 is 2.73 bits per heavy atom. The molecule has 0 bridgehead atoms. The Morgan fingerprint density at radius 1 is 1.42 bits per heavy atom. The summed E-state index contributed by atoms with van der Waals surface area (Å²) in [4.78, 5) is 27.7. The summed E-state index contributed by atoms with van der Waals surface area (Å²) in [7, 11) is 0. The van der Waals surface area contributed by atoms with Crippen LogP contribution in [0.1, 0.15) is 33.9 Å². The number of carbonyl (C=O) groups is 1. The largest absolute Gasteiger partial charge is 0.463 e. The van der Waals surface area contributed by atoms with Crippen LogP contribution in [-0.2, 0) is 23.7 Å². The Morgan fingerprint density at radius 2 is 2.12 bits per heavy atom. The lowest BCUT2D eigenvalue weighted by Crippen LogP contribution is -2.34. The van der Waals surface area contributed by atoms with Crippen molar-refractivity contribution in [1.29, 1.82) is 0 Å². The number of hydrogen-bond acceptors (Lipinski definition) is 9. The van der Waals surface area contributed by atoms with Crippen LogP contribution in [0.3, 0.4) is 0 Å². The van der Waals surface area contributed by atoms with E-state index in [1.807, 2.05) is 5.48 Å². The minimum atomic E-state index is -0.860. The molecule has 26 heavy (non-hydrogen) atoms. The molecule has 4 unspecified atom stereocenters. The molecule has 2 aliphatic heterocycles. The van der Waals surface area contributed by atoms with Crippen LogP contribution in [0.15, 0.2) is 17.1 Å². The minimum absolute atomic E-state index is 0.00736. The fraction of sp³-hybridized carbons (Fsp3) is 0.688. The van der Waals surface area contributed by atoms with Crippen molar-refractivity contribution < 1.29 is 28.9 Å². The number of carbonyl (C=O) groups excluding carboxylic acids is 1. The van der Waals surface area contributed by atoms with E-state index in [0.29, 0.717) is 0 Å². The molecule has 3 heterocycles. The number of fused-ring (bicyclic) bond motifs is 1. The standard InChI is InChI=1S/C16H23N3O7/c1-8(2)14(20)23-7-9-11-12(26-16(3,4)25-11)13(24-9)19-6-5-10(18-22)17-15(19)21/h5-6,8-9,11-13,22H,7H2,1-4H3,(H,17,18,21). The molecule has 0 spiro atoms. The third kappa shape index (κ3) is 3.58. The van der Waals surface area contributed by atoms with Crippen LogP contribution < -0.4 is 11.2 Å². The van der Waals surface area contributed by atoms with Crippen LogP contribution in [0.2, 0.25) is 0 Å². The molecular weight excluding hydrogens is 346 g/mol. The predicted molar refractivity (Wildman–Crippen MR) is 87.4 cm³/mol. The predicted octanol–water partition coefficient (Wildman–Crippen LogP) is 0.661. The molecule has 0 radical (unpaired) electrons. The van der Waals surface area contributed by atoms with E-state index in [9.17, 15) is 9.59 Å². The highest BCUT2D eigenvalue weighted by Gasteiger charge is 2.56. The average Bonchev–Trinajstić information content (AvgIpc) is 3.05. The van der Waals surface area contributed by atoms with E-state index in [-0.39, 0.29) is 24.3 Å². The Bertz CT molecular complexity index is 733. The number of aromatic nitrogens is 2. The smallest absolute Gasteiger partial charge is 0.351 e. The molecule has 144 valence electrons. The van der Waals surface area contributed by atoms with Crippen LogP contribution >= 0.6 is 0 Å². The number of anilines is 1. The fourth-order valence-corrected chi connectivity index (χ4v) is 3.02. The van der Waals surface area contributed by atoms with E-state index < -0.39 is 36.0 Å². The third-order valence-electron chi connectivity index (χ3n) is 4.21. The van der Waals surface area contributed by atoms with Crippen molar-refractivity contribution >= 4 is 11.8 Å². The first-order chi connectivity index (χ1) is 12.2. The second-order valence-corrected chi connectivity index (χ2v) is 7.03. The van der Waals surface area contributed by atoms with Crippen molar-refractivity contribution in [3.05, 3.63) is 22.7 Å². The van der Waals surface area contributed by atoms with E-state index in [0.717, 1.165) is 0 Å². The zero-order valence-corrected chi connectivity index (χ0v) is 15.0. The molecule has 10 heteroatoms. The van der Waals surface area contributed by atoms with Gasteiger partial charge in [0.25, 0.3) is 0 Å². The van der Waals surface area contributed by atoms with Gasteiger partial charge in [0.05, 0.1) is 5.92 Å². The highest BCUT2D eigenvalue weighted by molar-refractivity contribution is 5.71. The first kappa shape index (κ1) is 18.8. The van der Waals surface area contributed by atoms with E-state index in [1.54, 1.807) is 27.7 Å². The summed E-state index contributed by atoms with van der Waals surface area (Å²) in [5.74, 6) is -1.44. The summed E-state index contributed by atoms with van der Waals surface area (Å²) in [6.07, 6.45) is -1.01. The fourth-order valence-electron chi connectivity index (χ4n) is 3.02. The molecular formula is C16H23N3O7. The number of esters is 1. The maximum Gasteiger partial charge on any atom is 0.351 e. The van der Waals surface area contributed by atoms with Crippen molar-refractivity contribution in [2.45, 2.75) is 58.0 Å². The Labute approximate surface area is 150 Å². The van der Waals surface area contributed by atoms with Crippen LogP contribution in [0.4, 0.5) is 5.82 Å². The van der Waals surface area contributed by atoms with Crippen LogP contribution in [0.5, 0.6) is 0 Å². The first-order valence-electron chi connectivity index (χ1n) is 8.39. The van der Waals surface area contributed by atoms with Gasteiger partial charge in [0.1, 0.15) is 24.9 Å². The summed E-state index contributed by atoms with van der Waals surface area (Å²) in [5, 5.41) is 8.86. The van der Waals surface area contributed by atoms with Crippen LogP contribution in [0.25, 0.3) is 0 Å². The van der Waals surface area contributed by atoms with Gasteiger partial charge in [0.2, 0.25) is 0 Å². The minimum Gasteiger partial charge on any atom is -0.463 e. The summed E-state index contributed by atoms with van der Waals surface area (Å²) < 4.78 is 24.2. The number of rotatable bonds is 5. The normalized spacial score (nSPS) is 29.6. The summed E-state index contributed by atoms with van der Waals surface area (Å²) in [6.45, 7) is 7.00. The number of nitrogens with one attached hydrogen (secondary N) is 1. The number of hydrogen-bond donors (Lipinski definition) is 2. The molecule has 3 rings (SSSR count). The number of nitrogens with zero attached hydrogens (tertiary/aromatic N) is 2. The lowest BCUT2D eigenvalue weighted by molar-refractivity contribution is -0.203. The van der Waals surface area contributed by atoms with Gasteiger partial charge in [-0.25, -0.2) is 4.79 Å². The van der Waals surface area contributed by atoms with Gasteiger partial charge < -0.3 is 18.9 Å². The maximum absolute atomic E-state index is 12.2. The summed E-state index contributed by atoms with van der Waals surface area (Å²) >= 11 is 0. The maximum atomic E-state index is 12.2. The van der Waals surface area contributed by atoms with Crippen LogP contribution in [-0.4, -0.2) is 51.4 Å². The molecule has 4 atom stereocenters. The summed E-state index contributed by atoms with van der Waals surface area (Å²) in [6, 6.07) is 1.42. The quantitative estimate of drug-likeness (QED) is 0.569. The molecule has 0 saturated carbocycles. The molecule has 0 aromatic carbocycles. The second kappa shape index (κ2) is 6.95. The van der Waals surface area contributed by atoms with Crippen molar-refractivity contribution in [3.63, 3.8) is 0 Å². The van der Waals surface area contributed by atoms with Gasteiger partial charge in [-0.2, -0.15) is 4.98 Å². The van der Waals surface area contributed by atoms with Crippen molar-refractivity contribution in [2.24, 2.45) is 5.92 Å². The lowest BCUT2D eigenvalue weighted by Gasteiger charge is -2.24. The van der Waals surface area contributed by atoms with Gasteiger partial charge in [-0.15, -0.1) is 0 Å². The zero-order valence-electron chi connectivity index (χ0n) is 15.0. The van der Waals surface area contributed by atoms with E-state index in [4.69, 9.17) is 24.2 Å². The van der Waals surface area contributed by atoms with E-state index in [1.165, 1.54) is 16.8 Å². The van der Waals surface area contributed by atoms with Crippen molar-refractivity contribution in [2.75, 3.05) is 12.1 Å². The molecule has 0 aliphatic carbocycles.